The molecule has 0 heterocycles. The fraction of sp³-hybridized carbons (Fsp3) is 0.417. The smallest absolute Gasteiger partial charge is 0.169 e. The van der Waals surface area contributed by atoms with E-state index in [9.17, 15) is 4.79 Å². The highest BCUT2D eigenvalue weighted by molar-refractivity contribution is 6.05. The zero-order valence-corrected chi connectivity index (χ0v) is 8.29. The molecular weight excluding hydrogens is 160 g/mol. The maximum atomic E-state index is 11.9. The molecule has 68 valence electrons. The van der Waals surface area contributed by atoms with Crippen molar-refractivity contribution >= 4 is 5.78 Å². The molecule has 0 saturated heterocycles. The number of carbonyl (C=O) groups excluding carboxylic acids is 1. The van der Waals surface area contributed by atoms with Gasteiger partial charge in [-0.15, -0.1) is 0 Å². The summed E-state index contributed by atoms with van der Waals surface area (Å²) in [6, 6.07) is 7.93. The van der Waals surface area contributed by atoms with Gasteiger partial charge in [0.05, 0.1) is 0 Å². The first-order valence-corrected chi connectivity index (χ1v) is 4.69. The minimum Gasteiger partial charge on any atom is -0.294 e. The molecule has 0 saturated carbocycles. The van der Waals surface area contributed by atoms with E-state index >= 15 is 0 Å². The van der Waals surface area contributed by atoms with Crippen LogP contribution < -0.4 is 0 Å². The summed E-state index contributed by atoms with van der Waals surface area (Å²) in [5.74, 6) is 0.631. The largest absolute Gasteiger partial charge is 0.294 e. The van der Waals surface area contributed by atoms with Crippen LogP contribution in [0.4, 0.5) is 0 Å². The lowest BCUT2D eigenvalue weighted by Gasteiger charge is -2.21. The van der Waals surface area contributed by atoms with E-state index < -0.39 is 0 Å². The summed E-state index contributed by atoms with van der Waals surface area (Å²) in [6.07, 6.45) is 0. The Morgan fingerprint density at radius 2 is 1.85 bits per heavy atom. The number of hydrogen-bond donors (Lipinski definition) is 0. The molecule has 0 bridgehead atoms. The molecule has 2 rings (SSSR count). The van der Waals surface area contributed by atoms with E-state index in [2.05, 4.69) is 13.0 Å². The predicted octanol–water partition coefficient (Wildman–Crippen LogP) is 3.01. The fourth-order valence-corrected chi connectivity index (χ4v) is 2.01. The van der Waals surface area contributed by atoms with Crippen LogP contribution in [0.3, 0.4) is 0 Å². The van der Waals surface area contributed by atoms with Crippen LogP contribution in [0, 0.1) is 5.41 Å². The van der Waals surface area contributed by atoms with Gasteiger partial charge in [0.25, 0.3) is 0 Å². The second-order valence-electron chi connectivity index (χ2n) is 4.36. The molecule has 1 heteroatoms. The van der Waals surface area contributed by atoms with Crippen LogP contribution in [0.5, 0.6) is 0 Å². The fourth-order valence-electron chi connectivity index (χ4n) is 2.01. The van der Waals surface area contributed by atoms with Crippen LogP contribution in [-0.4, -0.2) is 5.78 Å². The van der Waals surface area contributed by atoms with Crippen LogP contribution in [0.1, 0.15) is 42.6 Å². The maximum absolute atomic E-state index is 11.9. The molecule has 0 N–H and O–H groups in total. The summed E-state index contributed by atoms with van der Waals surface area (Å²) in [7, 11) is 0. The van der Waals surface area contributed by atoms with Gasteiger partial charge >= 0.3 is 0 Å². The molecule has 0 spiro atoms. The third kappa shape index (κ3) is 0.963. The third-order valence-electron chi connectivity index (χ3n) is 3.34. The van der Waals surface area contributed by atoms with Gasteiger partial charge in [0.2, 0.25) is 0 Å². The Morgan fingerprint density at radius 3 is 2.46 bits per heavy atom. The molecule has 13 heavy (non-hydrogen) atoms. The normalized spacial score (nSPS) is 24.5. The summed E-state index contributed by atoms with van der Waals surface area (Å²) in [5, 5.41) is 0. The zero-order valence-electron chi connectivity index (χ0n) is 8.29. The van der Waals surface area contributed by atoms with Crippen LogP contribution in [-0.2, 0) is 0 Å². The van der Waals surface area contributed by atoms with Crippen LogP contribution >= 0.6 is 0 Å². The van der Waals surface area contributed by atoms with E-state index in [0.29, 0.717) is 5.92 Å². The van der Waals surface area contributed by atoms with E-state index in [1.165, 1.54) is 5.56 Å². The topological polar surface area (TPSA) is 17.1 Å². The van der Waals surface area contributed by atoms with Crippen molar-refractivity contribution in [2.45, 2.75) is 26.7 Å². The molecule has 1 aromatic carbocycles. The molecular formula is C12H14O. The van der Waals surface area contributed by atoms with Crippen molar-refractivity contribution in [3.05, 3.63) is 35.4 Å². The van der Waals surface area contributed by atoms with Crippen molar-refractivity contribution in [2.24, 2.45) is 5.41 Å². The Bertz CT molecular complexity index is 363. The average molecular weight is 174 g/mol. The first kappa shape index (κ1) is 8.49. The van der Waals surface area contributed by atoms with E-state index in [1.54, 1.807) is 0 Å². The van der Waals surface area contributed by atoms with Crippen molar-refractivity contribution in [3.8, 4) is 0 Å². The third-order valence-corrected chi connectivity index (χ3v) is 3.34. The van der Waals surface area contributed by atoms with Crippen LogP contribution in [0.2, 0.25) is 0 Å². The lowest BCUT2D eigenvalue weighted by molar-refractivity contribution is 0.0841. The molecule has 0 aromatic heterocycles. The molecule has 1 aromatic rings. The van der Waals surface area contributed by atoms with Gasteiger partial charge in [-0.05, 0) is 11.5 Å². The number of fused-ring (bicyclic) bond motifs is 1. The molecule has 0 aliphatic heterocycles. The van der Waals surface area contributed by atoms with Gasteiger partial charge in [0, 0.05) is 11.0 Å². The first-order valence-electron chi connectivity index (χ1n) is 4.69. The van der Waals surface area contributed by atoms with Gasteiger partial charge in [-0.3, -0.25) is 4.79 Å². The van der Waals surface area contributed by atoms with Crippen molar-refractivity contribution in [1.82, 2.24) is 0 Å². The Hall–Kier alpha value is -1.11. The molecule has 0 fully saturated rings. The van der Waals surface area contributed by atoms with Gasteiger partial charge in [0.1, 0.15) is 0 Å². The summed E-state index contributed by atoms with van der Waals surface area (Å²) in [6.45, 7) is 6.18. The Morgan fingerprint density at radius 1 is 1.23 bits per heavy atom. The van der Waals surface area contributed by atoms with Gasteiger partial charge in [-0.2, -0.15) is 0 Å². The van der Waals surface area contributed by atoms with E-state index in [-0.39, 0.29) is 11.2 Å². The number of rotatable bonds is 0. The second kappa shape index (κ2) is 2.44. The Balaban J connectivity index is 2.64. The monoisotopic (exact) mass is 174 g/mol. The number of Topliss-reactive ketones (excluding diaryl/α,β-unsaturated/α-hetero) is 1. The van der Waals surface area contributed by atoms with Crippen molar-refractivity contribution in [2.75, 3.05) is 0 Å². The van der Waals surface area contributed by atoms with Crippen molar-refractivity contribution in [1.29, 1.82) is 0 Å². The number of ketones is 1. The second-order valence-corrected chi connectivity index (χ2v) is 4.36. The zero-order chi connectivity index (χ0) is 9.64. The molecule has 1 aliphatic rings. The standard InChI is InChI=1S/C12H14O/c1-8-9-6-4-5-7-10(9)11(13)12(8,2)3/h4-8H,1-3H3. The Labute approximate surface area is 78.8 Å². The highest BCUT2D eigenvalue weighted by Gasteiger charge is 2.43. The molecule has 1 atom stereocenters. The van der Waals surface area contributed by atoms with Gasteiger partial charge in [-0.25, -0.2) is 0 Å². The SMILES string of the molecule is CC1c2ccccc2C(=O)C1(C)C. The molecule has 0 amide bonds. The van der Waals surface area contributed by atoms with Crippen LogP contribution in [0.15, 0.2) is 24.3 Å². The van der Waals surface area contributed by atoms with Crippen LogP contribution in [0.25, 0.3) is 0 Å². The predicted molar refractivity (Wildman–Crippen MR) is 53.0 cm³/mol. The van der Waals surface area contributed by atoms with Gasteiger partial charge in [0.15, 0.2) is 5.78 Å². The first-order chi connectivity index (χ1) is 6.05. The van der Waals surface area contributed by atoms with Crippen molar-refractivity contribution in [3.63, 3.8) is 0 Å². The summed E-state index contributed by atoms with van der Waals surface area (Å²) in [4.78, 5) is 11.9. The van der Waals surface area contributed by atoms with Crippen molar-refractivity contribution < 1.29 is 4.79 Å². The highest BCUT2D eigenvalue weighted by Crippen LogP contribution is 2.45. The molecule has 1 nitrogen and oxygen atoms in total. The highest BCUT2D eigenvalue weighted by atomic mass is 16.1. The minimum atomic E-state index is -0.219. The molecule has 1 unspecified atom stereocenters. The maximum Gasteiger partial charge on any atom is 0.169 e. The van der Waals surface area contributed by atoms with Gasteiger partial charge < -0.3 is 0 Å². The number of benzene rings is 1. The molecule has 0 radical (unpaired) electrons. The van der Waals surface area contributed by atoms with E-state index in [0.717, 1.165) is 5.56 Å². The minimum absolute atomic E-state index is 0.219. The number of carbonyl (C=O) groups is 1. The number of hydrogen-bond acceptors (Lipinski definition) is 1. The quantitative estimate of drug-likeness (QED) is 0.591. The summed E-state index contributed by atoms with van der Waals surface area (Å²) < 4.78 is 0. The van der Waals surface area contributed by atoms with Gasteiger partial charge in [-0.1, -0.05) is 45.0 Å². The average Bonchev–Trinajstić information content (AvgIpc) is 2.30. The lowest BCUT2D eigenvalue weighted by atomic mass is 9.80. The van der Waals surface area contributed by atoms with E-state index in [1.807, 2.05) is 32.0 Å². The Kier molecular flexibility index (Phi) is 1.59. The molecule has 1 aliphatic carbocycles. The summed E-state index contributed by atoms with van der Waals surface area (Å²) in [5.41, 5.74) is 1.90. The summed E-state index contributed by atoms with van der Waals surface area (Å²) >= 11 is 0. The van der Waals surface area contributed by atoms with E-state index in [4.69, 9.17) is 0 Å². The lowest BCUT2D eigenvalue weighted by Crippen LogP contribution is -2.22.